The molecule has 0 bridgehead atoms. The Kier molecular flexibility index (Phi) is 4.15. The van der Waals surface area contributed by atoms with Crippen LogP contribution in [-0.2, 0) is 24.7 Å². The van der Waals surface area contributed by atoms with Crippen LogP contribution in [0.5, 0.6) is 0 Å². The Hall–Kier alpha value is -0.670. The molecule has 1 rings (SSSR count). The fraction of sp³-hybridized carbons (Fsp3) is 0.875. The molecule has 100 valence electrons. The second-order valence-electron chi connectivity index (χ2n) is 4.23. The molecule has 1 N–H and O–H groups in total. The Labute approximate surface area is 100 Å². The number of hydrogen-bond acceptors (Lipinski definition) is 5. The zero-order chi connectivity index (χ0) is 13.3. The van der Waals surface area contributed by atoms with Gasteiger partial charge in [0.25, 0.3) is 0 Å². The number of rotatable bonds is 6. The van der Waals surface area contributed by atoms with Crippen LogP contribution in [0.15, 0.2) is 0 Å². The van der Waals surface area contributed by atoms with Gasteiger partial charge < -0.3 is 5.11 Å². The zero-order valence-electron chi connectivity index (χ0n) is 9.37. The van der Waals surface area contributed by atoms with Gasteiger partial charge in [0, 0.05) is 19.3 Å². The van der Waals surface area contributed by atoms with Gasteiger partial charge in [-0.2, -0.15) is 0 Å². The fourth-order valence-corrected chi connectivity index (χ4v) is 4.70. The molecule has 0 aromatic rings. The van der Waals surface area contributed by atoms with Gasteiger partial charge >= 0.3 is 5.97 Å². The molecule has 1 aliphatic rings. The van der Waals surface area contributed by atoms with Crippen molar-refractivity contribution >= 4 is 25.8 Å². The highest BCUT2D eigenvalue weighted by Crippen LogP contribution is 2.22. The minimum Gasteiger partial charge on any atom is -0.481 e. The summed E-state index contributed by atoms with van der Waals surface area (Å²) < 4.78 is 46.1. The van der Waals surface area contributed by atoms with E-state index >= 15 is 0 Å². The van der Waals surface area contributed by atoms with Crippen molar-refractivity contribution in [3.05, 3.63) is 0 Å². The largest absolute Gasteiger partial charge is 0.481 e. The van der Waals surface area contributed by atoms with Crippen molar-refractivity contribution < 1.29 is 26.7 Å². The zero-order valence-corrected chi connectivity index (χ0v) is 11.0. The van der Waals surface area contributed by atoms with E-state index in [2.05, 4.69) is 0 Å². The minimum atomic E-state index is -3.56. The number of carbonyl (C=O) groups is 1. The summed E-state index contributed by atoms with van der Waals surface area (Å²) in [5.74, 6) is -1.97. The topological polar surface area (TPSA) is 109 Å². The van der Waals surface area contributed by atoms with E-state index in [9.17, 15) is 21.6 Å². The number of carboxylic acids is 1. The highest BCUT2D eigenvalue weighted by Gasteiger charge is 2.36. The summed E-state index contributed by atoms with van der Waals surface area (Å²) in [5, 5.41) is 8.50. The van der Waals surface area contributed by atoms with E-state index in [1.807, 2.05) is 0 Å². The van der Waals surface area contributed by atoms with E-state index < -0.39 is 37.3 Å². The molecule has 0 unspecified atom stereocenters. The number of hydrogen-bond donors (Lipinski definition) is 1. The van der Waals surface area contributed by atoms with Crippen LogP contribution in [0.4, 0.5) is 0 Å². The molecule has 0 spiro atoms. The molecule has 1 aliphatic heterocycles. The number of aliphatic carboxylic acids is 1. The number of sulfone groups is 1. The van der Waals surface area contributed by atoms with Gasteiger partial charge in [-0.1, -0.05) is 0 Å². The van der Waals surface area contributed by atoms with E-state index in [4.69, 9.17) is 5.11 Å². The molecule has 0 aromatic carbocycles. The first-order valence-corrected chi connectivity index (χ1v) is 8.64. The van der Waals surface area contributed by atoms with Crippen LogP contribution in [-0.4, -0.2) is 63.1 Å². The number of sulfonamides is 1. The van der Waals surface area contributed by atoms with Gasteiger partial charge in [0.05, 0.1) is 17.9 Å². The third-order valence-corrected chi connectivity index (χ3v) is 5.50. The maximum Gasteiger partial charge on any atom is 0.303 e. The Morgan fingerprint density at radius 1 is 1.24 bits per heavy atom. The molecule has 7 nitrogen and oxygen atoms in total. The Balaban J connectivity index is 2.45. The maximum atomic E-state index is 11.6. The normalized spacial score (nSPS) is 18.9. The average molecular weight is 285 g/mol. The Morgan fingerprint density at radius 2 is 1.76 bits per heavy atom. The summed E-state index contributed by atoms with van der Waals surface area (Å²) in [6, 6.07) is 0. The van der Waals surface area contributed by atoms with Crippen LogP contribution in [0.2, 0.25) is 0 Å². The first-order valence-electron chi connectivity index (χ1n) is 4.97. The van der Waals surface area contributed by atoms with Crippen LogP contribution < -0.4 is 0 Å². The van der Waals surface area contributed by atoms with Gasteiger partial charge in [-0.15, -0.1) is 0 Å². The molecule has 17 heavy (non-hydrogen) atoms. The average Bonchev–Trinajstić information content (AvgIpc) is 2.06. The molecule has 1 fully saturated rings. The quantitative estimate of drug-likeness (QED) is 0.654. The first kappa shape index (κ1) is 14.4. The Morgan fingerprint density at radius 3 is 2.18 bits per heavy atom. The first-order chi connectivity index (χ1) is 7.60. The summed E-state index contributed by atoms with van der Waals surface area (Å²) >= 11 is 0. The summed E-state index contributed by atoms with van der Waals surface area (Å²) in [6.45, 7) is 0.330. The summed E-state index contributed by atoms with van der Waals surface area (Å²) in [4.78, 5) is 10.4. The monoisotopic (exact) mass is 285 g/mol. The standard InChI is InChI=1S/C8H15NO6S2/c1-16(12,13)2-3-17(14,15)9-5-7(6-9)4-8(10)11/h7H,2-6H2,1H3,(H,10,11). The SMILES string of the molecule is CS(=O)(=O)CCS(=O)(=O)N1CC(CC(=O)O)C1. The second kappa shape index (κ2) is 4.91. The van der Waals surface area contributed by atoms with Gasteiger partial charge in [0.2, 0.25) is 10.0 Å². The summed E-state index contributed by atoms with van der Waals surface area (Å²) in [5.41, 5.74) is 0. The van der Waals surface area contributed by atoms with Crippen molar-refractivity contribution in [1.82, 2.24) is 4.31 Å². The third-order valence-electron chi connectivity index (χ3n) is 2.49. The summed E-state index contributed by atoms with van der Waals surface area (Å²) in [6.07, 6.45) is 0.921. The van der Waals surface area contributed by atoms with Gasteiger partial charge in [0.1, 0.15) is 9.84 Å². The summed E-state index contributed by atoms with van der Waals surface area (Å²) in [7, 11) is -6.87. The van der Waals surface area contributed by atoms with Crippen LogP contribution in [0.25, 0.3) is 0 Å². The highest BCUT2D eigenvalue weighted by molar-refractivity contribution is 7.93. The molecule has 0 saturated carbocycles. The van der Waals surface area contributed by atoms with Crippen LogP contribution in [0.1, 0.15) is 6.42 Å². The van der Waals surface area contributed by atoms with Gasteiger partial charge in [-0.25, -0.2) is 21.1 Å². The molecule has 0 aromatic heterocycles. The smallest absolute Gasteiger partial charge is 0.303 e. The van der Waals surface area contributed by atoms with Crippen molar-refractivity contribution in [2.45, 2.75) is 6.42 Å². The van der Waals surface area contributed by atoms with E-state index in [0.29, 0.717) is 0 Å². The van der Waals surface area contributed by atoms with Crippen LogP contribution in [0.3, 0.4) is 0 Å². The van der Waals surface area contributed by atoms with E-state index in [1.165, 1.54) is 0 Å². The predicted octanol–water partition coefficient (Wildman–Crippen LogP) is -1.23. The van der Waals surface area contributed by atoms with Crippen molar-refractivity contribution in [3.63, 3.8) is 0 Å². The second-order valence-corrected chi connectivity index (χ2v) is 8.57. The lowest BCUT2D eigenvalue weighted by molar-refractivity contribution is -0.139. The van der Waals surface area contributed by atoms with Crippen LogP contribution >= 0.6 is 0 Å². The number of carboxylic acid groups (broad SMARTS) is 1. The molecular weight excluding hydrogens is 270 g/mol. The van der Waals surface area contributed by atoms with Gasteiger partial charge in [-0.3, -0.25) is 4.79 Å². The number of nitrogens with zero attached hydrogens (tertiary/aromatic N) is 1. The molecule has 0 atom stereocenters. The fourth-order valence-electron chi connectivity index (χ4n) is 1.51. The highest BCUT2D eigenvalue weighted by atomic mass is 32.2. The van der Waals surface area contributed by atoms with E-state index in [1.54, 1.807) is 0 Å². The molecule has 9 heteroatoms. The minimum absolute atomic E-state index is 0.0574. The van der Waals surface area contributed by atoms with Gasteiger partial charge in [0.15, 0.2) is 0 Å². The Bertz CT molecular complexity index is 488. The van der Waals surface area contributed by atoms with Crippen molar-refractivity contribution in [2.24, 2.45) is 5.92 Å². The maximum absolute atomic E-state index is 11.6. The predicted molar refractivity (Wildman–Crippen MR) is 60.8 cm³/mol. The van der Waals surface area contributed by atoms with Crippen LogP contribution in [0, 0.1) is 5.92 Å². The molecule has 0 aliphatic carbocycles. The molecule has 0 amide bonds. The van der Waals surface area contributed by atoms with Gasteiger partial charge in [-0.05, 0) is 5.92 Å². The lowest BCUT2D eigenvalue weighted by Crippen LogP contribution is -2.51. The van der Waals surface area contributed by atoms with E-state index in [0.717, 1.165) is 10.6 Å². The lowest BCUT2D eigenvalue weighted by Gasteiger charge is -2.37. The van der Waals surface area contributed by atoms with Crippen molar-refractivity contribution in [2.75, 3.05) is 30.9 Å². The molecule has 0 radical (unpaired) electrons. The molecule has 1 saturated heterocycles. The molecule has 1 heterocycles. The lowest BCUT2D eigenvalue weighted by atomic mass is 10.00. The van der Waals surface area contributed by atoms with E-state index in [-0.39, 0.29) is 25.4 Å². The van der Waals surface area contributed by atoms with Crippen molar-refractivity contribution in [3.8, 4) is 0 Å². The molecular formula is C8H15NO6S2. The third kappa shape index (κ3) is 4.60. The van der Waals surface area contributed by atoms with Crippen molar-refractivity contribution in [1.29, 1.82) is 0 Å².